The Morgan fingerprint density at radius 3 is 2.41 bits per heavy atom. The van der Waals surface area contributed by atoms with Crippen LogP contribution >= 0.6 is 0 Å². The van der Waals surface area contributed by atoms with E-state index in [2.05, 4.69) is 48.1 Å². The molecule has 1 aliphatic heterocycles. The standard InChI is InChI=1S/C27H29F3N4/c1-26(2,3)34-13-11-19(12-14-34)31-20-7-8-21-24(16-20)32-23-10-9-22(33-25(21)23)17-5-4-6-18(15-17)27(28,29)30/h4-10,15-16,19,31-32H,11-14H2,1-3H3. The van der Waals surface area contributed by atoms with Gasteiger partial charge in [-0.2, -0.15) is 13.2 Å². The van der Waals surface area contributed by atoms with E-state index in [1.165, 1.54) is 6.07 Å². The molecule has 0 saturated carbocycles. The Morgan fingerprint density at radius 2 is 1.71 bits per heavy atom. The number of aromatic amines is 1. The maximum atomic E-state index is 13.1. The molecule has 178 valence electrons. The highest BCUT2D eigenvalue weighted by atomic mass is 19.4. The smallest absolute Gasteiger partial charge is 0.382 e. The number of nitrogens with one attached hydrogen (secondary N) is 2. The summed E-state index contributed by atoms with van der Waals surface area (Å²) in [6.45, 7) is 8.95. The topological polar surface area (TPSA) is 44.0 Å². The van der Waals surface area contributed by atoms with Crippen molar-refractivity contribution in [1.82, 2.24) is 14.9 Å². The van der Waals surface area contributed by atoms with Crippen LogP contribution in [0.5, 0.6) is 0 Å². The zero-order chi connectivity index (χ0) is 24.1. The molecule has 5 rings (SSSR count). The molecule has 2 aromatic heterocycles. The van der Waals surface area contributed by atoms with Gasteiger partial charge in [0.1, 0.15) is 0 Å². The van der Waals surface area contributed by atoms with E-state index in [0.717, 1.165) is 65.7 Å². The summed E-state index contributed by atoms with van der Waals surface area (Å²) in [6.07, 6.45) is -2.18. The minimum Gasteiger partial charge on any atom is -0.382 e. The number of piperidine rings is 1. The molecule has 2 aromatic carbocycles. The molecule has 1 aliphatic rings. The number of aromatic nitrogens is 2. The minimum atomic E-state index is -4.38. The minimum absolute atomic E-state index is 0.203. The molecule has 0 radical (unpaired) electrons. The third-order valence-corrected chi connectivity index (χ3v) is 6.74. The van der Waals surface area contributed by atoms with E-state index in [9.17, 15) is 13.2 Å². The van der Waals surface area contributed by atoms with Gasteiger partial charge in [-0.1, -0.05) is 12.1 Å². The van der Waals surface area contributed by atoms with Crippen LogP contribution < -0.4 is 5.32 Å². The van der Waals surface area contributed by atoms with Crippen LogP contribution in [-0.4, -0.2) is 39.5 Å². The average molecular weight is 467 g/mol. The molecule has 0 unspecified atom stereocenters. The zero-order valence-electron chi connectivity index (χ0n) is 19.6. The molecule has 2 N–H and O–H groups in total. The quantitative estimate of drug-likeness (QED) is 0.339. The van der Waals surface area contributed by atoms with Gasteiger partial charge in [-0.25, -0.2) is 4.98 Å². The first kappa shape index (κ1) is 22.7. The number of rotatable bonds is 3. The SMILES string of the molecule is CC(C)(C)N1CCC(Nc2ccc3c(c2)[nH]c2ccc(-c4cccc(C(F)(F)F)c4)nc23)CC1. The number of hydrogen-bond donors (Lipinski definition) is 2. The molecule has 0 amide bonds. The first-order chi connectivity index (χ1) is 16.1. The fourth-order valence-electron chi connectivity index (χ4n) is 4.80. The molecule has 4 aromatic rings. The first-order valence-electron chi connectivity index (χ1n) is 11.7. The van der Waals surface area contributed by atoms with Crippen LogP contribution in [0.4, 0.5) is 18.9 Å². The largest absolute Gasteiger partial charge is 0.416 e. The second-order valence-electron chi connectivity index (χ2n) is 10.1. The summed E-state index contributed by atoms with van der Waals surface area (Å²) in [4.78, 5) is 10.6. The van der Waals surface area contributed by atoms with Gasteiger partial charge in [0, 0.05) is 41.3 Å². The Labute approximate surface area is 197 Å². The number of hydrogen-bond acceptors (Lipinski definition) is 3. The van der Waals surface area contributed by atoms with Gasteiger partial charge in [0.25, 0.3) is 0 Å². The van der Waals surface area contributed by atoms with Gasteiger partial charge in [-0.05, 0) is 76.1 Å². The number of halogens is 3. The highest BCUT2D eigenvalue weighted by Crippen LogP contribution is 2.33. The molecule has 1 fully saturated rings. The van der Waals surface area contributed by atoms with Gasteiger partial charge in [0.2, 0.25) is 0 Å². The molecule has 3 heterocycles. The maximum absolute atomic E-state index is 13.1. The number of benzene rings is 2. The van der Waals surface area contributed by atoms with Crippen molar-refractivity contribution in [1.29, 1.82) is 0 Å². The fourth-order valence-corrected chi connectivity index (χ4v) is 4.80. The van der Waals surface area contributed by atoms with E-state index in [4.69, 9.17) is 4.98 Å². The maximum Gasteiger partial charge on any atom is 0.416 e. The van der Waals surface area contributed by atoms with Gasteiger partial charge >= 0.3 is 6.18 Å². The molecule has 0 atom stereocenters. The molecule has 0 bridgehead atoms. The van der Waals surface area contributed by atoms with Crippen molar-refractivity contribution in [2.24, 2.45) is 0 Å². The second kappa shape index (κ2) is 8.31. The van der Waals surface area contributed by atoms with Gasteiger partial charge in [0.05, 0.1) is 27.8 Å². The summed E-state index contributed by atoms with van der Waals surface area (Å²) < 4.78 is 39.4. The van der Waals surface area contributed by atoms with Crippen molar-refractivity contribution in [2.45, 2.75) is 51.4 Å². The molecular formula is C27H29F3N4. The lowest BCUT2D eigenvalue weighted by Crippen LogP contribution is -2.48. The van der Waals surface area contributed by atoms with Gasteiger partial charge in [-0.15, -0.1) is 0 Å². The van der Waals surface area contributed by atoms with Crippen LogP contribution in [-0.2, 0) is 6.18 Å². The molecule has 0 aliphatic carbocycles. The summed E-state index contributed by atoms with van der Waals surface area (Å²) in [7, 11) is 0. The Hall–Kier alpha value is -3.06. The third kappa shape index (κ3) is 4.49. The number of nitrogens with zero attached hydrogens (tertiary/aromatic N) is 2. The summed E-state index contributed by atoms with van der Waals surface area (Å²) in [5.74, 6) is 0. The fraction of sp³-hybridized carbons (Fsp3) is 0.370. The molecule has 7 heteroatoms. The van der Waals surface area contributed by atoms with E-state index < -0.39 is 11.7 Å². The Morgan fingerprint density at radius 1 is 0.941 bits per heavy atom. The van der Waals surface area contributed by atoms with Crippen LogP contribution in [0.15, 0.2) is 54.6 Å². The molecule has 1 saturated heterocycles. The number of pyridine rings is 1. The zero-order valence-corrected chi connectivity index (χ0v) is 19.6. The highest BCUT2D eigenvalue weighted by molar-refractivity contribution is 6.06. The summed E-state index contributed by atoms with van der Waals surface area (Å²) in [6, 6.07) is 15.6. The third-order valence-electron chi connectivity index (χ3n) is 6.74. The number of H-pyrrole nitrogens is 1. The van der Waals surface area contributed by atoms with E-state index >= 15 is 0 Å². The normalized spacial score (nSPS) is 16.4. The van der Waals surface area contributed by atoms with Crippen molar-refractivity contribution in [3.8, 4) is 11.3 Å². The van der Waals surface area contributed by atoms with Crippen LogP contribution in [0.1, 0.15) is 39.2 Å². The van der Waals surface area contributed by atoms with E-state index in [-0.39, 0.29) is 5.54 Å². The molecule has 34 heavy (non-hydrogen) atoms. The van der Waals surface area contributed by atoms with Gasteiger partial charge in [0.15, 0.2) is 0 Å². The Kier molecular flexibility index (Phi) is 5.55. The number of likely N-dealkylation sites (tertiary alicyclic amines) is 1. The first-order valence-corrected chi connectivity index (χ1v) is 11.7. The summed E-state index contributed by atoms with van der Waals surface area (Å²) in [5, 5.41) is 4.63. The van der Waals surface area contributed by atoms with E-state index in [1.54, 1.807) is 12.1 Å². The van der Waals surface area contributed by atoms with Crippen LogP contribution in [0.3, 0.4) is 0 Å². The second-order valence-corrected chi connectivity index (χ2v) is 10.1. The lowest BCUT2D eigenvalue weighted by molar-refractivity contribution is -0.137. The van der Waals surface area contributed by atoms with Crippen LogP contribution in [0, 0.1) is 0 Å². The lowest BCUT2D eigenvalue weighted by atomic mass is 9.98. The lowest BCUT2D eigenvalue weighted by Gasteiger charge is -2.41. The van der Waals surface area contributed by atoms with Gasteiger partial charge in [-0.3, -0.25) is 4.90 Å². The molecule has 4 nitrogen and oxygen atoms in total. The predicted octanol–water partition coefficient (Wildman–Crippen LogP) is 7.08. The molecular weight excluding hydrogens is 437 g/mol. The van der Waals surface area contributed by atoms with Gasteiger partial charge < -0.3 is 10.3 Å². The predicted molar refractivity (Wildman–Crippen MR) is 132 cm³/mol. The number of alkyl halides is 3. The number of anilines is 1. The number of fused-ring (bicyclic) bond motifs is 3. The van der Waals surface area contributed by atoms with Crippen LogP contribution in [0.25, 0.3) is 33.2 Å². The van der Waals surface area contributed by atoms with Crippen LogP contribution in [0.2, 0.25) is 0 Å². The van der Waals surface area contributed by atoms with Crippen molar-refractivity contribution < 1.29 is 13.2 Å². The van der Waals surface area contributed by atoms with E-state index in [1.807, 2.05) is 12.1 Å². The Bertz CT molecular complexity index is 1330. The molecule has 0 spiro atoms. The highest BCUT2D eigenvalue weighted by Gasteiger charge is 2.30. The summed E-state index contributed by atoms with van der Waals surface area (Å²) >= 11 is 0. The monoisotopic (exact) mass is 466 g/mol. The Balaban J connectivity index is 1.39. The van der Waals surface area contributed by atoms with Crippen molar-refractivity contribution in [3.05, 3.63) is 60.2 Å². The van der Waals surface area contributed by atoms with Crippen molar-refractivity contribution in [3.63, 3.8) is 0 Å². The summed E-state index contributed by atoms with van der Waals surface area (Å²) in [5.41, 5.74) is 4.14. The average Bonchev–Trinajstić information content (AvgIpc) is 3.15. The van der Waals surface area contributed by atoms with Crippen molar-refractivity contribution >= 4 is 27.6 Å². The van der Waals surface area contributed by atoms with E-state index in [0.29, 0.717) is 17.3 Å². The van der Waals surface area contributed by atoms with Crippen molar-refractivity contribution in [2.75, 3.05) is 18.4 Å².